The monoisotopic (exact) mass is 296 g/mol. The predicted molar refractivity (Wildman–Crippen MR) is 75.9 cm³/mol. The molecule has 0 radical (unpaired) electrons. The lowest BCUT2D eigenvalue weighted by molar-refractivity contribution is 0.200. The van der Waals surface area contributed by atoms with Gasteiger partial charge >= 0.3 is 0 Å². The summed E-state index contributed by atoms with van der Waals surface area (Å²) in [4.78, 5) is 2.46. The van der Waals surface area contributed by atoms with Gasteiger partial charge < -0.3 is 5.73 Å². The van der Waals surface area contributed by atoms with Crippen molar-refractivity contribution in [2.75, 3.05) is 7.05 Å². The molecular weight excluding hydrogens is 276 g/mol. The molecule has 0 aromatic heterocycles. The number of nitrogens with two attached hydrogens (primary N) is 1. The van der Waals surface area contributed by atoms with E-state index in [1.807, 2.05) is 0 Å². The zero-order valence-corrected chi connectivity index (χ0v) is 12.2. The average molecular weight is 297 g/mol. The van der Waals surface area contributed by atoms with Crippen LogP contribution < -0.4 is 5.73 Å². The third-order valence-corrected chi connectivity index (χ3v) is 4.18. The molecule has 1 aliphatic rings. The van der Waals surface area contributed by atoms with Crippen molar-refractivity contribution in [2.24, 2.45) is 5.73 Å². The van der Waals surface area contributed by atoms with E-state index >= 15 is 0 Å². The van der Waals surface area contributed by atoms with Gasteiger partial charge in [-0.25, -0.2) is 0 Å². The summed E-state index contributed by atoms with van der Waals surface area (Å²) in [6.45, 7) is 2.16. The normalized spacial score (nSPS) is 19.4. The highest BCUT2D eigenvalue weighted by molar-refractivity contribution is 9.10. The fraction of sp³-hybridized carbons (Fsp3) is 0.571. The molecule has 0 spiro atoms. The maximum Gasteiger partial charge on any atom is 0.0498 e. The summed E-state index contributed by atoms with van der Waals surface area (Å²) >= 11 is 3.48. The van der Waals surface area contributed by atoms with Crippen molar-refractivity contribution < 1.29 is 0 Å². The quantitative estimate of drug-likeness (QED) is 0.903. The molecule has 2 rings (SSSR count). The molecule has 17 heavy (non-hydrogen) atoms. The molecule has 0 bridgehead atoms. The minimum atomic E-state index is 0.210. The van der Waals surface area contributed by atoms with Crippen LogP contribution in [-0.2, 0) is 0 Å². The fourth-order valence-corrected chi connectivity index (χ4v) is 2.64. The summed E-state index contributed by atoms with van der Waals surface area (Å²) in [5.74, 6) is 0. The molecule has 2 nitrogen and oxygen atoms in total. The van der Waals surface area contributed by atoms with E-state index in [1.165, 1.54) is 18.4 Å². The zero-order chi connectivity index (χ0) is 12.4. The Morgan fingerprint density at radius 1 is 1.35 bits per heavy atom. The van der Waals surface area contributed by atoms with Crippen LogP contribution in [0.3, 0.4) is 0 Å². The Hall–Kier alpha value is -0.380. The Labute approximate surface area is 112 Å². The lowest BCUT2D eigenvalue weighted by Gasteiger charge is -2.33. The molecule has 2 N–H and O–H groups in total. The Morgan fingerprint density at radius 2 is 1.94 bits per heavy atom. The molecule has 0 aliphatic heterocycles. The van der Waals surface area contributed by atoms with Gasteiger partial charge in [0, 0.05) is 22.6 Å². The highest BCUT2D eigenvalue weighted by atomic mass is 79.9. The molecule has 2 unspecified atom stereocenters. The highest BCUT2D eigenvalue weighted by Crippen LogP contribution is 2.35. The van der Waals surface area contributed by atoms with Gasteiger partial charge in [-0.1, -0.05) is 35.0 Å². The second-order valence-corrected chi connectivity index (χ2v) is 5.88. The second-order valence-electron chi connectivity index (χ2n) is 4.97. The first-order valence-corrected chi connectivity index (χ1v) is 7.15. The number of hydrogen-bond acceptors (Lipinski definition) is 2. The van der Waals surface area contributed by atoms with Crippen LogP contribution in [0.2, 0.25) is 0 Å². The molecule has 1 aromatic rings. The van der Waals surface area contributed by atoms with Crippen molar-refractivity contribution in [1.29, 1.82) is 0 Å². The predicted octanol–water partition coefficient (Wildman–Crippen LogP) is 3.32. The molecular formula is C14H21BrN2. The maximum absolute atomic E-state index is 6.30. The van der Waals surface area contributed by atoms with Crippen LogP contribution in [0.1, 0.15) is 37.8 Å². The molecule has 1 saturated carbocycles. The van der Waals surface area contributed by atoms with E-state index in [0.717, 1.165) is 16.9 Å². The molecule has 0 amide bonds. The topological polar surface area (TPSA) is 29.3 Å². The van der Waals surface area contributed by atoms with E-state index in [2.05, 4.69) is 59.1 Å². The molecule has 0 heterocycles. The van der Waals surface area contributed by atoms with Crippen LogP contribution in [-0.4, -0.2) is 24.0 Å². The Bertz CT molecular complexity index is 359. The van der Waals surface area contributed by atoms with Crippen molar-refractivity contribution in [1.82, 2.24) is 4.90 Å². The fourth-order valence-electron chi connectivity index (χ4n) is 2.38. The molecule has 1 aromatic carbocycles. The Morgan fingerprint density at radius 3 is 2.41 bits per heavy atom. The van der Waals surface area contributed by atoms with Crippen molar-refractivity contribution in [2.45, 2.75) is 44.3 Å². The molecule has 2 atom stereocenters. The van der Waals surface area contributed by atoms with Gasteiger partial charge in [-0.15, -0.1) is 0 Å². The number of likely N-dealkylation sites (N-methyl/N-ethyl adjacent to an activating group) is 1. The first-order chi connectivity index (χ1) is 8.13. The molecule has 1 fully saturated rings. The van der Waals surface area contributed by atoms with Crippen LogP contribution in [0.15, 0.2) is 28.7 Å². The lowest BCUT2D eigenvalue weighted by atomic mass is 9.96. The Kier molecular flexibility index (Phi) is 4.23. The largest absolute Gasteiger partial charge is 0.326 e. The van der Waals surface area contributed by atoms with E-state index in [4.69, 9.17) is 5.73 Å². The summed E-state index contributed by atoms with van der Waals surface area (Å²) < 4.78 is 1.12. The smallest absolute Gasteiger partial charge is 0.0498 e. The SMILES string of the molecule is CCC(N)C(c1ccc(Br)cc1)N(C)C1CC1. The van der Waals surface area contributed by atoms with Crippen molar-refractivity contribution in [3.8, 4) is 0 Å². The van der Waals surface area contributed by atoms with Crippen LogP contribution >= 0.6 is 15.9 Å². The number of hydrogen-bond donors (Lipinski definition) is 1. The summed E-state index contributed by atoms with van der Waals surface area (Å²) in [7, 11) is 2.21. The third-order valence-electron chi connectivity index (χ3n) is 3.65. The van der Waals surface area contributed by atoms with Crippen molar-refractivity contribution in [3.05, 3.63) is 34.3 Å². The van der Waals surface area contributed by atoms with Crippen LogP contribution in [0.5, 0.6) is 0 Å². The first-order valence-electron chi connectivity index (χ1n) is 6.36. The first kappa shape index (κ1) is 13.1. The van der Waals surface area contributed by atoms with E-state index in [9.17, 15) is 0 Å². The van der Waals surface area contributed by atoms with Crippen LogP contribution in [0.4, 0.5) is 0 Å². The Balaban J connectivity index is 2.22. The third kappa shape index (κ3) is 3.09. The van der Waals surface area contributed by atoms with Gasteiger partial charge in [0.25, 0.3) is 0 Å². The van der Waals surface area contributed by atoms with Gasteiger partial charge in [-0.2, -0.15) is 0 Å². The molecule has 1 aliphatic carbocycles. The number of halogens is 1. The van der Waals surface area contributed by atoms with Gasteiger partial charge in [0.15, 0.2) is 0 Å². The van der Waals surface area contributed by atoms with Crippen LogP contribution in [0, 0.1) is 0 Å². The summed E-state index contributed by atoms with van der Waals surface area (Å²) in [6.07, 6.45) is 3.65. The molecule has 94 valence electrons. The van der Waals surface area contributed by atoms with Crippen molar-refractivity contribution in [3.63, 3.8) is 0 Å². The number of nitrogens with zero attached hydrogens (tertiary/aromatic N) is 1. The minimum Gasteiger partial charge on any atom is -0.326 e. The van der Waals surface area contributed by atoms with Gasteiger partial charge in [0.1, 0.15) is 0 Å². The number of rotatable bonds is 5. The summed E-state index contributed by atoms with van der Waals surface area (Å²) in [5.41, 5.74) is 7.63. The zero-order valence-electron chi connectivity index (χ0n) is 10.6. The molecule has 0 saturated heterocycles. The molecule has 3 heteroatoms. The van der Waals surface area contributed by atoms with Gasteiger partial charge in [-0.05, 0) is 44.0 Å². The lowest BCUT2D eigenvalue weighted by Crippen LogP contribution is -2.39. The van der Waals surface area contributed by atoms with Gasteiger partial charge in [0.2, 0.25) is 0 Å². The minimum absolute atomic E-state index is 0.210. The number of benzene rings is 1. The van der Waals surface area contributed by atoms with Crippen LogP contribution in [0.25, 0.3) is 0 Å². The highest BCUT2D eigenvalue weighted by Gasteiger charge is 2.34. The van der Waals surface area contributed by atoms with E-state index in [-0.39, 0.29) is 6.04 Å². The average Bonchev–Trinajstić information content (AvgIpc) is 3.15. The van der Waals surface area contributed by atoms with E-state index < -0.39 is 0 Å². The summed E-state index contributed by atoms with van der Waals surface area (Å²) in [5, 5.41) is 0. The maximum atomic E-state index is 6.30. The van der Waals surface area contributed by atoms with E-state index in [0.29, 0.717) is 6.04 Å². The summed E-state index contributed by atoms with van der Waals surface area (Å²) in [6, 6.07) is 9.87. The van der Waals surface area contributed by atoms with Gasteiger partial charge in [0.05, 0.1) is 0 Å². The van der Waals surface area contributed by atoms with E-state index in [1.54, 1.807) is 0 Å². The van der Waals surface area contributed by atoms with Gasteiger partial charge in [-0.3, -0.25) is 4.90 Å². The second kappa shape index (κ2) is 5.51. The standard InChI is InChI=1S/C14H21BrN2/c1-3-13(16)14(17(2)12-8-9-12)10-4-6-11(15)7-5-10/h4-7,12-14H,3,8-9,16H2,1-2H3. The van der Waals surface area contributed by atoms with Crippen molar-refractivity contribution >= 4 is 15.9 Å².